The second kappa shape index (κ2) is 4.95. The highest BCUT2D eigenvalue weighted by molar-refractivity contribution is 7.09. The molecule has 1 aromatic heterocycles. The molecule has 0 fully saturated rings. The number of aryl methyl sites for hydroxylation is 1. The summed E-state index contributed by atoms with van der Waals surface area (Å²) in [6.45, 7) is 5.11. The third kappa shape index (κ3) is 2.99. The van der Waals surface area contributed by atoms with Crippen LogP contribution in [0.3, 0.4) is 0 Å². The predicted molar refractivity (Wildman–Crippen MR) is 57.4 cm³/mol. The van der Waals surface area contributed by atoms with Gasteiger partial charge in [0.15, 0.2) is 0 Å². The zero-order valence-electron chi connectivity index (χ0n) is 8.70. The number of thiazole rings is 1. The van der Waals surface area contributed by atoms with Crippen molar-refractivity contribution < 1.29 is 4.79 Å². The van der Waals surface area contributed by atoms with E-state index in [1.165, 1.54) is 0 Å². The van der Waals surface area contributed by atoms with Crippen LogP contribution < -0.4 is 5.32 Å². The van der Waals surface area contributed by atoms with Gasteiger partial charge in [-0.15, -0.1) is 11.3 Å². The molecule has 0 bridgehead atoms. The molecular weight excluding hydrogens is 198 g/mol. The Morgan fingerprint density at radius 3 is 2.93 bits per heavy atom. The fourth-order valence-corrected chi connectivity index (χ4v) is 1.55. The van der Waals surface area contributed by atoms with Gasteiger partial charge in [0.2, 0.25) is 0 Å². The van der Waals surface area contributed by atoms with E-state index in [-0.39, 0.29) is 6.03 Å². The summed E-state index contributed by atoms with van der Waals surface area (Å²) in [5.41, 5.74) is 0.922. The van der Waals surface area contributed by atoms with Crippen molar-refractivity contribution in [3.8, 4) is 0 Å². The zero-order chi connectivity index (χ0) is 10.6. The fourth-order valence-electron chi connectivity index (χ4n) is 0.934. The van der Waals surface area contributed by atoms with Crippen LogP contribution in [0.5, 0.6) is 0 Å². The number of urea groups is 1. The van der Waals surface area contributed by atoms with Gasteiger partial charge in [-0.1, -0.05) is 0 Å². The van der Waals surface area contributed by atoms with Crippen LogP contribution in [0.4, 0.5) is 4.79 Å². The first-order valence-electron chi connectivity index (χ1n) is 4.53. The Morgan fingerprint density at radius 1 is 1.71 bits per heavy atom. The maximum atomic E-state index is 11.3. The van der Waals surface area contributed by atoms with Crippen LogP contribution in [0.15, 0.2) is 5.38 Å². The number of carbonyl (C=O) groups excluding carboxylic acids is 1. The van der Waals surface area contributed by atoms with Crippen LogP contribution >= 0.6 is 11.3 Å². The van der Waals surface area contributed by atoms with Crippen molar-refractivity contribution in [2.45, 2.75) is 20.4 Å². The normalized spacial score (nSPS) is 9.93. The van der Waals surface area contributed by atoms with Crippen molar-refractivity contribution in [3.05, 3.63) is 16.1 Å². The van der Waals surface area contributed by atoms with E-state index >= 15 is 0 Å². The van der Waals surface area contributed by atoms with Gasteiger partial charge in [0, 0.05) is 19.0 Å². The Labute approximate surface area is 88.0 Å². The highest BCUT2D eigenvalue weighted by Crippen LogP contribution is 2.07. The van der Waals surface area contributed by atoms with Crippen LogP contribution in [0, 0.1) is 6.92 Å². The van der Waals surface area contributed by atoms with E-state index in [0.29, 0.717) is 13.1 Å². The van der Waals surface area contributed by atoms with Gasteiger partial charge in [0.25, 0.3) is 0 Å². The third-order valence-electron chi connectivity index (χ3n) is 1.91. The topological polar surface area (TPSA) is 45.2 Å². The lowest BCUT2D eigenvalue weighted by molar-refractivity contribution is 0.210. The summed E-state index contributed by atoms with van der Waals surface area (Å²) in [6, 6.07) is -0.0573. The van der Waals surface area contributed by atoms with Crippen molar-refractivity contribution in [1.82, 2.24) is 15.2 Å². The van der Waals surface area contributed by atoms with Crippen LogP contribution in [0.25, 0.3) is 0 Å². The second-order valence-electron chi connectivity index (χ2n) is 3.03. The van der Waals surface area contributed by atoms with Gasteiger partial charge in [0.05, 0.1) is 17.2 Å². The smallest absolute Gasteiger partial charge is 0.317 e. The van der Waals surface area contributed by atoms with Gasteiger partial charge >= 0.3 is 6.03 Å². The standard InChI is InChI=1S/C9H15N3OS/c1-4-12(3)9(13)10-5-8-6-14-7(2)11-8/h6H,4-5H2,1-3H3,(H,10,13). The molecule has 0 saturated carbocycles. The molecule has 0 aliphatic carbocycles. The summed E-state index contributed by atoms with van der Waals surface area (Å²) < 4.78 is 0. The average Bonchev–Trinajstić information content (AvgIpc) is 2.59. The molecule has 0 spiro atoms. The van der Waals surface area contributed by atoms with E-state index in [2.05, 4.69) is 10.3 Å². The summed E-state index contributed by atoms with van der Waals surface area (Å²) in [7, 11) is 1.77. The van der Waals surface area contributed by atoms with Crippen molar-refractivity contribution in [1.29, 1.82) is 0 Å². The average molecular weight is 213 g/mol. The number of aromatic nitrogens is 1. The van der Waals surface area contributed by atoms with Crippen LogP contribution in [-0.2, 0) is 6.54 Å². The maximum Gasteiger partial charge on any atom is 0.317 e. The first kappa shape index (κ1) is 11.0. The molecule has 1 heterocycles. The van der Waals surface area contributed by atoms with Gasteiger partial charge in [-0.25, -0.2) is 9.78 Å². The number of rotatable bonds is 3. The highest BCUT2D eigenvalue weighted by atomic mass is 32.1. The summed E-state index contributed by atoms with van der Waals surface area (Å²) in [5, 5.41) is 5.78. The van der Waals surface area contributed by atoms with Crippen molar-refractivity contribution in [2.75, 3.05) is 13.6 Å². The highest BCUT2D eigenvalue weighted by Gasteiger charge is 2.05. The maximum absolute atomic E-state index is 11.3. The number of hydrogen-bond acceptors (Lipinski definition) is 3. The van der Waals surface area contributed by atoms with Crippen LogP contribution in [0.2, 0.25) is 0 Å². The van der Waals surface area contributed by atoms with Gasteiger partial charge in [-0.3, -0.25) is 0 Å². The van der Waals surface area contributed by atoms with Gasteiger partial charge in [-0.2, -0.15) is 0 Å². The van der Waals surface area contributed by atoms with Crippen molar-refractivity contribution >= 4 is 17.4 Å². The Balaban J connectivity index is 2.37. The van der Waals surface area contributed by atoms with Crippen molar-refractivity contribution in [3.63, 3.8) is 0 Å². The summed E-state index contributed by atoms with van der Waals surface area (Å²) in [5.74, 6) is 0. The lowest BCUT2D eigenvalue weighted by Gasteiger charge is -2.14. The van der Waals surface area contributed by atoms with Gasteiger partial charge in [0.1, 0.15) is 0 Å². The molecule has 1 aromatic rings. The second-order valence-corrected chi connectivity index (χ2v) is 4.09. The minimum absolute atomic E-state index is 0.0573. The van der Waals surface area contributed by atoms with Crippen LogP contribution in [-0.4, -0.2) is 29.5 Å². The van der Waals surface area contributed by atoms with E-state index in [1.54, 1.807) is 23.3 Å². The molecule has 0 aliphatic heterocycles. The molecule has 14 heavy (non-hydrogen) atoms. The minimum Gasteiger partial charge on any atom is -0.332 e. The lowest BCUT2D eigenvalue weighted by atomic mass is 10.5. The number of nitrogens with zero attached hydrogens (tertiary/aromatic N) is 2. The van der Waals surface area contributed by atoms with E-state index in [0.717, 1.165) is 10.7 Å². The van der Waals surface area contributed by atoms with E-state index in [1.807, 2.05) is 19.2 Å². The summed E-state index contributed by atoms with van der Waals surface area (Å²) in [4.78, 5) is 17.2. The zero-order valence-corrected chi connectivity index (χ0v) is 9.52. The van der Waals surface area contributed by atoms with Gasteiger partial charge in [-0.05, 0) is 13.8 Å². The molecule has 1 N–H and O–H groups in total. The van der Waals surface area contributed by atoms with Crippen LogP contribution in [0.1, 0.15) is 17.6 Å². The van der Waals surface area contributed by atoms with E-state index in [9.17, 15) is 4.79 Å². The van der Waals surface area contributed by atoms with E-state index in [4.69, 9.17) is 0 Å². The number of amides is 2. The molecule has 0 radical (unpaired) electrons. The monoisotopic (exact) mass is 213 g/mol. The molecule has 78 valence electrons. The number of carbonyl (C=O) groups is 1. The fraction of sp³-hybridized carbons (Fsp3) is 0.556. The molecule has 0 aliphatic rings. The lowest BCUT2D eigenvalue weighted by Crippen LogP contribution is -2.36. The predicted octanol–water partition coefficient (Wildman–Crippen LogP) is 1.61. The molecule has 5 heteroatoms. The summed E-state index contributed by atoms with van der Waals surface area (Å²) in [6.07, 6.45) is 0. The molecule has 1 rings (SSSR count). The largest absolute Gasteiger partial charge is 0.332 e. The Bertz CT molecular complexity index is 311. The number of nitrogens with one attached hydrogen (secondary N) is 1. The Kier molecular flexibility index (Phi) is 3.88. The van der Waals surface area contributed by atoms with Crippen molar-refractivity contribution in [2.24, 2.45) is 0 Å². The summed E-state index contributed by atoms with van der Waals surface area (Å²) >= 11 is 1.59. The minimum atomic E-state index is -0.0573. The quantitative estimate of drug-likeness (QED) is 0.829. The molecule has 2 amide bonds. The van der Waals surface area contributed by atoms with E-state index < -0.39 is 0 Å². The molecule has 0 atom stereocenters. The Morgan fingerprint density at radius 2 is 2.43 bits per heavy atom. The first-order chi connectivity index (χ1) is 6.63. The number of hydrogen-bond donors (Lipinski definition) is 1. The molecule has 0 saturated heterocycles. The first-order valence-corrected chi connectivity index (χ1v) is 5.41. The Hall–Kier alpha value is -1.10. The molecule has 4 nitrogen and oxygen atoms in total. The molecule has 0 unspecified atom stereocenters. The molecular formula is C9H15N3OS. The SMILES string of the molecule is CCN(C)C(=O)NCc1csc(C)n1. The van der Waals surface area contributed by atoms with Gasteiger partial charge < -0.3 is 10.2 Å². The molecule has 0 aromatic carbocycles. The third-order valence-corrected chi connectivity index (χ3v) is 2.73.